The van der Waals surface area contributed by atoms with Crippen molar-refractivity contribution >= 4 is 111 Å². The molecule has 0 amide bonds. The van der Waals surface area contributed by atoms with Crippen molar-refractivity contribution in [1.82, 2.24) is 16.3 Å². The summed E-state index contributed by atoms with van der Waals surface area (Å²) in [4.78, 5) is 0. The van der Waals surface area contributed by atoms with Crippen LogP contribution < -0.4 is 26.9 Å². The number of halogens is 5. The molecule has 35 heavy (non-hydrogen) atoms. The summed E-state index contributed by atoms with van der Waals surface area (Å²) >= 11 is 34.9. The van der Waals surface area contributed by atoms with Gasteiger partial charge in [0.1, 0.15) is 0 Å². The van der Waals surface area contributed by atoms with Gasteiger partial charge in [0.05, 0.1) is 27.1 Å². The molecule has 2 aromatic carbocycles. The fraction of sp³-hybridized carbons (Fsp3) is 0.227. The van der Waals surface area contributed by atoms with Crippen LogP contribution in [0.1, 0.15) is 26.7 Å². The Labute approximate surface area is 241 Å². The van der Waals surface area contributed by atoms with Crippen molar-refractivity contribution in [3.05, 3.63) is 68.3 Å². The first-order valence-electron chi connectivity index (χ1n) is 10.1. The molecule has 0 saturated carbocycles. The zero-order valence-corrected chi connectivity index (χ0v) is 24.1. The third kappa shape index (κ3) is 9.46. The average Bonchev–Trinajstić information content (AvgIpc) is 2.74. The normalized spacial score (nSPS) is 15.4. The fourth-order valence-corrected chi connectivity index (χ4v) is 4.50. The third-order valence-electron chi connectivity index (χ3n) is 4.67. The Morgan fingerprint density at radius 3 is 1.94 bits per heavy atom. The minimum Gasteiger partial charge on any atom is -0.330 e. The number of hydrogen-bond donors (Lipinski definition) is 5. The number of hydrogen-bond acceptors (Lipinski definition) is 4. The highest BCUT2D eigenvalue weighted by molar-refractivity contribution is 7.80. The summed E-state index contributed by atoms with van der Waals surface area (Å²) in [5, 5.41) is 13.2. The van der Waals surface area contributed by atoms with E-state index in [0.29, 0.717) is 41.7 Å². The second-order valence-electron chi connectivity index (χ2n) is 8.31. The first-order valence-corrected chi connectivity index (χ1v) is 12.4. The van der Waals surface area contributed by atoms with E-state index in [2.05, 4.69) is 45.9 Å². The molecule has 188 valence electrons. The molecular weight excluding hydrogens is 590 g/mol. The van der Waals surface area contributed by atoms with Gasteiger partial charge in [-0.15, -0.1) is 12.4 Å². The highest BCUT2D eigenvalue weighted by atomic mass is 35.5. The largest absolute Gasteiger partial charge is 0.330 e. The Balaban J connectivity index is 0.00000432. The van der Waals surface area contributed by atoms with Crippen molar-refractivity contribution in [3.8, 4) is 0 Å². The molecule has 1 aliphatic carbocycles. The summed E-state index contributed by atoms with van der Waals surface area (Å²) < 4.78 is 0. The summed E-state index contributed by atoms with van der Waals surface area (Å²) in [6, 6.07) is 10.2. The maximum Gasteiger partial charge on any atom is 0.191 e. The molecule has 0 radical (unpaired) electrons. The van der Waals surface area contributed by atoms with Crippen molar-refractivity contribution < 1.29 is 0 Å². The van der Waals surface area contributed by atoms with Crippen LogP contribution in [0.3, 0.4) is 0 Å². The lowest BCUT2D eigenvalue weighted by molar-refractivity contribution is 0.360. The van der Waals surface area contributed by atoms with Gasteiger partial charge in [0.25, 0.3) is 0 Å². The van der Waals surface area contributed by atoms with E-state index in [1.54, 1.807) is 36.4 Å². The highest BCUT2D eigenvalue weighted by Gasteiger charge is 2.26. The maximum absolute atomic E-state index is 6.19. The molecular formula is C22H23Cl5N6S2. The van der Waals surface area contributed by atoms with Gasteiger partial charge in [-0.05, 0) is 85.2 Å². The molecule has 6 nitrogen and oxygen atoms in total. The topological polar surface area (TPSA) is 72.5 Å². The van der Waals surface area contributed by atoms with E-state index in [1.165, 1.54) is 0 Å². The molecule has 2 aromatic rings. The Bertz CT molecular complexity index is 1170. The molecule has 0 bridgehead atoms. The molecule has 0 saturated heterocycles. The minimum atomic E-state index is -0.0254. The van der Waals surface area contributed by atoms with Gasteiger partial charge in [0.15, 0.2) is 10.2 Å². The number of thiocarbonyl (C=S) groups is 2. The number of benzene rings is 2. The van der Waals surface area contributed by atoms with Gasteiger partial charge in [-0.1, -0.05) is 60.3 Å². The molecule has 1 aliphatic rings. The van der Waals surface area contributed by atoms with Gasteiger partial charge in [-0.2, -0.15) is 5.10 Å². The Morgan fingerprint density at radius 2 is 1.40 bits per heavy atom. The molecule has 0 aromatic heterocycles. The van der Waals surface area contributed by atoms with Crippen LogP contribution in [-0.2, 0) is 0 Å². The Hall–Kier alpha value is -1.52. The van der Waals surface area contributed by atoms with Gasteiger partial charge in [0, 0.05) is 15.7 Å². The first-order chi connectivity index (χ1) is 16.0. The maximum atomic E-state index is 6.19. The fourth-order valence-electron chi connectivity index (χ4n) is 3.27. The Morgan fingerprint density at radius 1 is 0.857 bits per heavy atom. The number of hydrazine groups is 1. The molecule has 13 heteroatoms. The molecule has 0 heterocycles. The van der Waals surface area contributed by atoms with Crippen molar-refractivity contribution in [1.29, 1.82) is 0 Å². The van der Waals surface area contributed by atoms with Crippen molar-refractivity contribution in [3.63, 3.8) is 0 Å². The van der Waals surface area contributed by atoms with Crippen LogP contribution in [0.5, 0.6) is 0 Å². The van der Waals surface area contributed by atoms with E-state index < -0.39 is 0 Å². The SMILES string of the molecule is CC1(C)CC(NNC(=S)Nc2ccc(Cl)cc2Cl)=CC(=NNC(=S)Nc2ccc(Cl)cc2Cl)C1.Cl. The molecule has 3 rings (SSSR count). The van der Waals surface area contributed by atoms with Crippen LogP contribution in [0.15, 0.2) is 53.3 Å². The van der Waals surface area contributed by atoms with Crippen molar-refractivity contribution in [2.75, 3.05) is 10.6 Å². The van der Waals surface area contributed by atoms with Gasteiger partial charge >= 0.3 is 0 Å². The number of anilines is 2. The lowest BCUT2D eigenvalue weighted by Crippen LogP contribution is -2.42. The van der Waals surface area contributed by atoms with Gasteiger partial charge in [-0.3, -0.25) is 10.9 Å². The van der Waals surface area contributed by atoms with Gasteiger partial charge in [0.2, 0.25) is 0 Å². The summed E-state index contributed by atoms with van der Waals surface area (Å²) in [6.07, 6.45) is 3.51. The summed E-state index contributed by atoms with van der Waals surface area (Å²) in [7, 11) is 0. The van der Waals surface area contributed by atoms with Gasteiger partial charge < -0.3 is 16.1 Å². The quantitative estimate of drug-likeness (QED) is 0.176. The van der Waals surface area contributed by atoms with E-state index in [1.807, 2.05) is 6.08 Å². The molecule has 0 spiro atoms. The van der Waals surface area contributed by atoms with Crippen LogP contribution in [-0.4, -0.2) is 15.9 Å². The number of nitrogens with zero attached hydrogens (tertiary/aromatic N) is 1. The van der Waals surface area contributed by atoms with E-state index in [0.717, 1.165) is 24.3 Å². The van der Waals surface area contributed by atoms with Crippen LogP contribution >= 0.6 is 83.2 Å². The second kappa shape index (κ2) is 13.1. The summed E-state index contributed by atoms with van der Waals surface area (Å²) in [5.41, 5.74) is 12.0. The minimum absolute atomic E-state index is 0. The van der Waals surface area contributed by atoms with Crippen LogP contribution in [0.25, 0.3) is 0 Å². The second-order valence-corrected chi connectivity index (χ2v) is 10.8. The van der Waals surface area contributed by atoms with Crippen LogP contribution in [0, 0.1) is 5.41 Å². The smallest absolute Gasteiger partial charge is 0.191 e. The predicted molar refractivity (Wildman–Crippen MR) is 161 cm³/mol. The molecule has 0 unspecified atom stereocenters. The predicted octanol–water partition coefficient (Wildman–Crippen LogP) is 7.56. The zero-order valence-electron chi connectivity index (χ0n) is 18.6. The van der Waals surface area contributed by atoms with Crippen molar-refractivity contribution in [2.24, 2.45) is 10.5 Å². The average molecular weight is 613 g/mol. The van der Waals surface area contributed by atoms with E-state index in [9.17, 15) is 0 Å². The molecule has 0 atom stereocenters. The Kier molecular flexibility index (Phi) is 11.2. The molecule has 0 aliphatic heterocycles. The third-order valence-corrected chi connectivity index (χ3v) is 6.16. The van der Waals surface area contributed by atoms with E-state index in [4.69, 9.17) is 70.8 Å². The van der Waals surface area contributed by atoms with Crippen LogP contribution in [0.4, 0.5) is 11.4 Å². The lowest BCUT2D eigenvalue weighted by Gasteiger charge is -2.31. The summed E-state index contributed by atoms with van der Waals surface area (Å²) in [6.45, 7) is 4.32. The zero-order chi connectivity index (χ0) is 24.9. The first kappa shape index (κ1) is 29.7. The number of hydrazone groups is 1. The highest BCUT2D eigenvalue weighted by Crippen LogP contribution is 2.33. The summed E-state index contributed by atoms with van der Waals surface area (Å²) in [5.74, 6) is 0. The standard InChI is InChI=1S/C22H22Cl4N6S2.ClH/c1-22(2)10-14(29-31-20(33)27-18-5-3-12(23)7-16(18)25)9-15(11-22)30-32-21(34)28-19-6-4-13(24)8-17(19)26;/h3-9,29H,10-11H2,1-2H3,(H2,27,31,33)(H2,28,32,34);1H. The monoisotopic (exact) mass is 610 g/mol. The van der Waals surface area contributed by atoms with Crippen LogP contribution in [0.2, 0.25) is 20.1 Å². The number of nitrogens with one attached hydrogen (secondary N) is 5. The lowest BCUT2D eigenvalue weighted by atomic mass is 9.78. The molecule has 5 N–H and O–H groups in total. The molecule has 0 fully saturated rings. The number of allylic oxidation sites excluding steroid dienone is 2. The number of rotatable bonds is 5. The van der Waals surface area contributed by atoms with Gasteiger partial charge in [-0.25, -0.2) is 0 Å². The van der Waals surface area contributed by atoms with E-state index >= 15 is 0 Å². The van der Waals surface area contributed by atoms with E-state index in [-0.39, 0.29) is 17.8 Å². The van der Waals surface area contributed by atoms with Crippen molar-refractivity contribution in [2.45, 2.75) is 26.7 Å².